The summed E-state index contributed by atoms with van der Waals surface area (Å²) in [5, 5.41) is -0.870. The first-order valence-corrected chi connectivity index (χ1v) is 15.4. The number of benzene rings is 1. The van der Waals surface area contributed by atoms with Crippen molar-refractivity contribution in [3.05, 3.63) is 47.8 Å². The number of carbonyl (C=O) groups is 1. The Morgan fingerprint density at radius 2 is 1.65 bits per heavy atom. The number of aromatic nitrogens is 1. The van der Waals surface area contributed by atoms with E-state index in [9.17, 15) is 43.6 Å². The molecule has 0 bridgehead atoms. The topological polar surface area (TPSA) is 111 Å². The number of amides is 1. The molecule has 1 aromatic heterocycles. The minimum atomic E-state index is -4.86. The maximum Gasteiger partial charge on any atom is 0.417 e. The first-order chi connectivity index (χ1) is 18.5. The molecule has 220 valence electrons. The monoisotopic (exact) mass is 610 g/mol. The molecule has 0 spiro atoms. The molecule has 1 aliphatic heterocycles. The van der Waals surface area contributed by atoms with Crippen LogP contribution in [0.3, 0.4) is 0 Å². The third-order valence-corrected chi connectivity index (χ3v) is 12.3. The van der Waals surface area contributed by atoms with Crippen LogP contribution in [0.2, 0.25) is 0 Å². The van der Waals surface area contributed by atoms with Gasteiger partial charge in [0.2, 0.25) is 0 Å². The molecule has 2 fully saturated rings. The van der Waals surface area contributed by atoms with Gasteiger partial charge in [0.05, 0.1) is 25.4 Å². The normalized spacial score (nSPS) is 17.8. The fourth-order valence-electron chi connectivity index (χ4n) is 4.80. The highest BCUT2D eigenvalue weighted by Crippen LogP contribution is 2.40. The standard InChI is InChI=1S/C25H27F5N2O6S2/c1-24(2,40(36,37)19-5-3-4-17(13-19)38-23(26)27)15-8-10-32(11-9-15)22(33)21-20(39(34,35)18-6-7-18)12-16(14-31-21)25(28,29)30/h3-5,12-15,18,23H,6-11H2,1-2H3. The highest BCUT2D eigenvalue weighted by molar-refractivity contribution is 7.93. The molecule has 2 aliphatic rings. The van der Waals surface area contributed by atoms with Crippen molar-refractivity contribution in [3.63, 3.8) is 0 Å². The van der Waals surface area contributed by atoms with E-state index < -0.39 is 70.4 Å². The number of halogens is 5. The van der Waals surface area contributed by atoms with E-state index in [0.717, 1.165) is 6.07 Å². The summed E-state index contributed by atoms with van der Waals surface area (Å²) >= 11 is 0. The Morgan fingerprint density at radius 3 is 2.20 bits per heavy atom. The van der Waals surface area contributed by atoms with E-state index in [-0.39, 0.29) is 49.4 Å². The fraction of sp³-hybridized carbons (Fsp3) is 0.520. The van der Waals surface area contributed by atoms with Crippen LogP contribution in [0.4, 0.5) is 22.0 Å². The lowest BCUT2D eigenvalue weighted by Crippen LogP contribution is -2.48. The second-order valence-corrected chi connectivity index (χ2v) is 15.1. The number of hydrogen-bond donors (Lipinski definition) is 0. The number of hydrogen-bond acceptors (Lipinski definition) is 7. The van der Waals surface area contributed by atoms with Crippen molar-refractivity contribution in [3.8, 4) is 5.75 Å². The van der Waals surface area contributed by atoms with Crippen LogP contribution in [0, 0.1) is 5.92 Å². The molecule has 1 amide bonds. The van der Waals surface area contributed by atoms with E-state index in [2.05, 4.69) is 9.72 Å². The number of likely N-dealkylation sites (tertiary alicyclic amines) is 1. The van der Waals surface area contributed by atoms with E-state index in [4.69, 9.17) is 0 Å². The van der Waals surface area contributed by atoms with Gasteiger partial charge in [-0.3, -0.25) is 4.79 Å². The van der Waals surface area contributed by atoms with Gasteiger partial charge >= 0.3 is 12.8 Å². The van der Waals surface area contributed by atoms with Gasteiger partial charge in [0.1, 0.15) is 11.4 Å². The SMILES string of the molecule is CC(C)(C1CCN(C(=O)c2ncc(C(F)(F)F)cc2S(=O)(=O)C2CC2)CC1)S(=O)(=O)c1cccc(OC(F)F)c1. The predicted octanol–water partition coefficient (Wildman–Crippen LogP) is 4.74. The molecular weight excluding hydrogens is 583 g/mol. The number of ether oxygens (including phenoxy) is 1. The van der Waals surface area contributed by atoms with Crippen LogP contribution < -0.4 is 4.74 Å². The van der Waals surface area contributed by atoms with E-state index in [1.807, 2.05) is 0 Å². The van der Waals surface area contributed by atoms with Gasteiger partial charge in [0.15, 0.2) is 19.7 Å². The Labute approximate surface area is 228 Å². The number of pyridine rings is 1. The number of nitrogens with zero attached hydrogens (tertiary/aromatic N) is 2. The second kappa shape index (κ2) is 10.5. The molecule has 2 heterocycles. The molecule has 4 rings (SSSR count). The molecule has 0 radical (unpaired) electrons. The van der Waals surface area contributed by atoms with Gasteiger partial charge in [-0.15, -0.1) is 0 Å². The largest absolute Gasteiger partial charge is 0.435 e. The van der Waals surface area contributed by atoms with Gasteiger partial charge in [0.25, 0.3) is 5.91 Å². The molecule has 0 atom stereocenters. The summed E-state index contributed by atoms with van der Waals surface area (Å²) in [7, 11) is -8.26. The molecular formula is C25H27F5N2O6S2. The van der Waals surface area contributed by atoms with E-state index in [0.29, 0.717) is 12.3 Å². The van der Waals surface area contributed by atoms with Crippen LogP contribution in [0.15, 0.2) is 46.3 Å². The van der Waals surface area contributed by atoms with Crippen LogP contribution in [-0.4, -0.2) is 62.3 Å². The first kappa shape index (κ1) is 30.2. The van der Waals surface area contributed by atoms with Gasteiger partial charge in [0, 0.05) is 19.3 Å². The Kier molecular flexibility index (Phi) is 7.95. The summed E-state index contributed by atoms with van der Waals surface area (Å²) in [6.45, 7) is -0.150. The molecule has 1 aromatic carbocycles. The van der Waals surface area contributed by atoms with E-state index in [1.54, 1.807) is 0 Å². The maximum atomic E-state index is 13.5. The Balaban J connectivity index is 1.55. The van der Waals surface area contributed by atoms with Gasteiger partial charge in [-0.1, -0.05) is 6.07 Å². The second-order valence-electron chi connectivity index (χ2n) is 10.3. The van der Waals surface area contributed by atoms with Crippen molar-refractivity contribution in [1.29, 1.82) is 0 Å². The number of alkyl halides is 5. The maximum absolute atomic E-state index is 13.5. The van der Waals surface area contributed by atoms with Crippen molar-refractivity contribution in [2.45, 2.75) is 72.1 Å². The summed E-state index contributed by atoms with van der Waals surface area (Å²) in [4.78, 5) is 17.2. The molecule has 1 aliphatic carbocycles. The lowest BCUT2D eigenvalue weighted by atomic mass is 9.85. The zero-order valence-corrected chi connectivity index (χ0v) is 23.1. The molecule has 1 saturated carbocycles. The van der Waals surface area contributed by atoms with E-state index in [1.165, 1.54) is 36.9 Å². The minimum Gasteiger partial charge on any atom is -0.435 e. The molecule has 0 N–H and O–H groups in total. The third kappa shape index (κ3) is 5.80. The summed E-state index contributed by atoms with van der Waals surface area (Å²) in [5.41, 5.74) is -1.88. The highest BCUT2D eigenvalue weighted by Gasteiger charge is 2.46. The van der Waals surface area contributed by atoms with Gasteiger partial charge < -0.3 is 9.64 Å². The van der Waals surface area contributed by atoms with Crippen molar-refractivity contribution >= 4 is 25.6 Å². The van der Waals surface area contributed by atoms with Crippen LogP contribution >= 0.6 is 0 Å². The summed E-state index contributed by atoms with van der Waals surface area (Å²) < 4.78 is 121. The first-order valence-electron chi connectivity index (χ1n) is 12.4. The zero-order valence-electron chi connectivity index (χ0n) is 21.5. The average molecular weight is 611 g/mol. The van der Waals surface area contributed by atoms with Crippen LogP contribution in [0.25, 0.3) is 0 Å². The van der Waals surface area contributed by atoms with Crippen LogP contribution in [-0.2, 0) is 25.9 Å². The molecule has 40 heavy (non-hydrogen) atoms. The van der Waals surface area contributed by atoms with Crippen LogP contribution in [0.1, 0.15) is 55.6 Å². The molecule has 1 saturated heterocycles. The number of piperidine rings is 1. The van der Waals surface area contributed by atoms with Crippen LogP contribution in [0.5, 0.6) is 5.75 Å². The molecule has 2 aromatic rings. The number of sulfone groups is 2. The fourth-order valence-corrected chi connectivity index (χ4v) is 8.43. The number of rotatable bonds is 8. The molecule has 0 unspecified atom stereocenters. The summed E-state index contributed by atoms with van der Waals surface area (Å²) in [6.07, 6.45) is -3.53. The quantitative estimate of drug-likeness (QED) is 0.397. The Morgan fingerprint density at radius 1 is 1.02 bits per heavy atom. The van der Waals surface area contributed by atoms with Crippen molar-refractivity contribution in [1.82, 2.24) is 9.88 Å². The van der Waals surface area contributed by atoms with Gasteiger partial charge in [-0.2, -0.15) is 22.0 Å². The van der Waals surface area contributed by atoms with Crippen molar-refractivity contribution in [2.75, 3.05) is 13.1 Å². The Hall–Kier alpha value is -2.81. The lowest BCUT2D eigenvalue weighted by molar-refractivity contribution is -0.138. The predicted molar refractivity (Wildman–Crippen MR) is 132 cm³/mol. The van der Waals surface area contributed by atoms with E-state index >= 15 is 0 Å². The average Bonchev–Trinajstić information content (AvgIpc) is 3.73. The molecule has 8 nitrogen and oxygen atoms in total. The van der Waals surface area contributed by atoms with Gasteiger partial charge in [-0.05, 0) is 69.7 Å². The van der Waals surface area contributed by atoms with Gasteiger partial charge in [-0.25, -0.2) is 21.8 Å². The summed E-state index contributed by atoms with van der Waals surface area (Å²) in [5.74, 6) is -1.66. The minimum absolute atomic E-state index is 0.00258. The Bertz CT molecular complexity index is 1500. The summed E-state index contributed by atoms with van der Waals surface area (Å²) in [6, 6.07) is 5.22. The zero-order chi connectivity index (χ0) is 29.7. The molecule has 15 heteroatoms. The lowest BCUT2D eigenvalue weighted by Gasteiger charge is -2.40. The smallest absolute Gasteiger partial charge is 0.417 e. The van der Waals surface area contributed by atoms with Crippen molar-refractivity contribution in [2.24, 2.45) is 5.92 Å². The highest BCUT2D eigenvalue weighted by atomic mass is 32.2. The van der Waals surface area contributed by atoms with Crippen molar-refractivity contribution < 1.29 is 48.3 Å². The number of carbonyl (C=O) groups excluding carboxylic acids is 1. The third-order valence-electron chi connectivity index (χ3n) is 7.45.